The van der Waals surface area contributed by atoms with Crippen LogP contribution < -0.4 is 11.1 Å². The quantitative estimate of drug-likeness (QED) is 0.811. The van der Waals surface area contributed by atoms with Crippen LogP contribution in [0.25, 0.3) is 0 Å². The number of carbonyl (C=O) groups excluding carboxylic acids is 1. The van der Waals surface area contributed by atoms with Crippen LogP contribution in [-0.2, 0) is 6.54 Å². The van der Waals surface area contributed by atoms with Crippen LogP contribution in [0.2, 0.25) is 0 Å². The lowest BCUT2D eigenvalue weighted by molar-refractivity contribution is 0.102. The van der Waals surface area contributed by atoms with Gasteiger partial charge in [0.25, 0.3) is 5.91 Å². The molecule has 0 unspecified atom stereocenters. The summed E-state index contributed by atoms with van der Waals surface area (Å²) in [5, 5.41) is 6.86. The molecule has 0 aliphatic carbocycles. The Hall–Kier alpha value is -2.30. The monoisotopic (exact) mass is 244 g/mol. The van der Waals surface area contributed by atoms with Crippen molar-refractivity contribution >= 4 is 17.3 Å². The Kier molecular flexibility index (Phi) is 3.32. The summed E-state index contributed by atoms with van der Waals surface area (Å²) in [6.07, 6.45) is 3.40. The van der Waals surface area contributed by atoms with Crippen molar-refractivity contribution in [3.05, 3.63) is 41.7 Å². The topological polar surface area (TPSA) is 72.9 Å². The summed E-state index contributed by atoms with van der Waals surface area (Å²) in [6, 6.07) is 5.37. The molecule has 18 heavy (non-hydrogen) atoms. The second-order valence-corrected chi connectivity index (χ2v) is 4.13. The van der Waals surface area contributed by atoms with Crippen LogP contribution in [0, 0.1) is 6.92 Å². The molecule has 0 aliphatic rings. The third-order valence-corrected chi connectivity index (χ3v) is 2.67. The minimum Gasteiger partial charge on any atom is -0.398 e. The van der Waals surface area contributed by atoms with Gasteiger partial charge >= 0.3 is 0 Å². The van der Waals surface area contributed by atoms with Gasteiger partial charge in [0.2, 0.25) is 0 Å². The summed E-state index contributed by atoms with van der Waals surface area (Å²) in [5.41, 5.74) is 8.48. The molecule has 2 aromatic rings. The van der Waals surface area contributed by atoms with E-state index in [4.69, 9.17) is 5.73 Å². The number of rotatable bonds is 3. The van der Waals surface area contributed by atoms with Gasteiger partial charge in [-0.1, -0.05) is 6.07 Å². The lowest BCUT2D eigenvalue weighted by Crippen LogP contribution is -2.13. The summed E-state index contributed by atoms with van der Waals surface area (Å²) in [7, 11) is 0. The van der Waals surface area contributed by atoms with Crippen molar-refractivity contribution in [2.45, 2.75) is 20.4 Å². The molecule has 0 fully saturated rings. The standard InChI is InChI=1S/C13H16N4O/c1-3-17-8-10(7-15-17)16-13(18)11-5-4-9(2)6-12(11)14/h4-8H,3,14H2,1-2H3,(H,16,18). The average Bonchev–Trinajstić information content (AvgIpc) is 2.76. The molecule has 1 amide bonds. The van der Waals surface area contributed by atoms with Crippen LogP contribution in [0.3, 0.4) is 0 Å². The van der Waals surface area contributed by atoms with Gasteiger partial charge in [-0.15, -0.1) is 0 Å². The first-order chi connectivity index (χ1) is 8.60. The summed E-state index contributed by atoms with van der Waals surface area (Å²) in [4.78, 5) is 12.0. The number of anilines is 2. The largest absolute Gasteiger partial charge is 0.398 e. The van der Waals surface area contributed by atoms with Gasteiger partial charge in [0.15, 0.2) is 0 Å². The van der Waals surface area contributed by atoms with Crippen molar-refractivity contribution in [3.8, 4) is 0 Å². The molecular weight excluding hydrogens is 228 g/mol. The van der Waals surface area contributed by atoms with E-state index in [9.17, 15) is 4.79 Å². The van der Waals surface area contributed by atoms with Crippen LogP contribution in [-0.4, -0.2) is 15.7 Å². The van der Waals surface area contributed by atoms with Gasteiger partial charge in [-0.25, -0.2) is 0 Å². The second-order valence-electron chi connectivity index (χ2n) is 4.13. The SMILES string of the molecule is CCn1cc(NC(=O)c2ccc(C)cc2N)cn1. The van der Waals surface area contributed by atoms with E-state index in [1.54, 1.807) is 29.2 Å². The first kappa shape index (κ1) is 12.2. The van der Waals surface area contributed by atoms with Crippen molar-refractivity contribution in [1.82, 2.24) is 9.78 Å². The van der Waals surface area contributed by atoms with Crippen molar-refractivity contribution in [2.75, 3.05) is 11.1 Å². The highest BCUT2D eigenvalue weighted by atomic mass is 16.1. The predicted octanol–water partition coefficient (Wildman–Crippen LogP) is 2.05. The molecule has 2 rings (SSSR count). The molecule has 1 aromatic carbocycles. The first-order valence-electron chi connectivity index (χ1n) is 5.80. The van der Waals surface area contributed by atoms with Crippen LogP contribution in [0.15, 0.2) is 30.6 Å². The number of nitrogens with one attached hydrogen (secondary N) is 1. The van der Waals surface area contributed by atoms with Gasteiger partial charge in [0.05, 0.1) is 17.4 Å². The third kappa shape index (κ3) is 2.51. The van der Waals surface area contributed by atoms with E-state index in [2.05, 4.69) is 10.4 Å². The predicted molar refractivity (Wildman–Crippen MR) is 71.4 cm³/mol. The number of aryl methyl sites for hydroxylation is 2. The van der Waals surface area contributed by atoms with Crippen molar-refractivity contribution < 1.29 is 4.79 Å². The minimum absolute atomic E-state index is 0.219. The number of nitrogens with zero attached hydrogens (tertiary/aromatic N) is 2. The number of hydrogen-bond donors (Lipinski definition) is 2. The summed E-state index contributed by atoms with van der Waals surface area (Å²) < 4.78 is 1.74. The van der Waals surface area contributed by atoms with Crippen molar-refractivity contribution in [3.63, 3.8) is 0 Å². The fraction of sp³-hybridized carbons (Fsp3) is 0.231. The van der Waals surface area contributed by atoms with Gasteiger partial charge in [0, 0.05) is 18.4 Å². The van der Waals surface area contributed by atoms with E-state index in [1.165, 1.54) is 0 Å². The zero-order chi connectivity index (χ0) is 13.1. The van der Waals surface area contributed by atoms with Gasteiger partial charge in [0.1, 0.15) is 0 Å². The van der Waals surface area contributed by atoms with E-state index < -0.39 is 0 Å². The molecule has 5 heteroatoms. The number of aromatic nitrogens is 2. The zero-order valence-electron chi connectivity index (χ0n) is 10.5. The van der Waals surface area contributed by atoms with E-state index in [-0.39, 0.29) is 5.91 Å². The third-order valence-electron chi connectivity index (χ3n) is 2.67. The van der Waals surface area contributed by atoms with Crippen molar-refractivity contribution in [1.29, 1.82) is 0 Å². The normalized spacial score (nSPS) is 10.3. The summed E-state index contributed by atoms with van der Waals surface area (Å²) in [5.74, 6) is -0.219. The highest BCUT2D eigenvalue weighted by molar-refractivity contribution is 6.07. The van der Waals surface area contributed by atoms with E-state index in [0.717, 1.165) is 12.1 Å². The number of nitrogens with two attached hydrogens (primary N) is 1. The molecule has 0 saturated heterocycles. The van der Waals surface area contributed by atoms with E-state index in [0.29, 0.717) is 16.9 Å². The maximum Gasteiger partial charge on any atom is 0.257 e. The second kappa shape index (κ2) is 4.91. The first-order valence-corrected chi connectivity index (χ1v) is 5.80. The fourth-order valence-electron chi connectivity index (χ4n) is 1.69. The summed E-state index contributed by atoms with van der Waals surface area (Å²) in [6.45, 7) is 4.68. The highest BCUT2D eigenvalue weighted by Gasteiger charge is 2.10. The smallest absolute Gasteiger partial charge is 0.257 e. The number of amides is 1. The Labute approximate surface area is 106 Å². The Morgan fingerprint density at radius 1 is 1.50 bits per heavy atom. The fourth-order valence-corrected chi connectivity index (χ4v) is 1.69. The molecule has 0 aliphatic heterocycles. The Morgan fingerprint density at radius 3 is 2.89 bits per heavy atom. The van der Waals surface area contributed by atoms with Gasteiger partial charge in [-0.3, -0.25) is 9.48 Å². The molecule has 0 saturated carbocycles. The molecular formula is C13H16N4O. The maximum absolute atomic E-state index is 12.0. The number of hydrogen-bond acceptors (Lipinski definition) is 3. The van der Waals surface area contributed by atoms with Crippen LogP contribution in [0.1, 0.15) is 22.8 Å². The Morgan fingerprint density at radius 2 is 2.28 bits per heavy atom. The van der Waals surface area contributed by atoms with Crippen LogP contribution in [0.4, 0.5) is 11.4 Å². The van der Waals surface area contributed by atoms with Gasteiger partial charge in [-0.2, -0.15) is 5.10 Å². The molecule has 5 nitrogen and oxygen atoms in total. The van der Waals surface area contributed by atoms with Gasteiger partial charge in [-0.05, 0) is 31.5 Å². The van der Waals surface area contributed by atoms with Crippen molar-refractivity contribution in [2.24, 2.45) is 0 Å². The van der Waals surface area contributed by atoms with Gasteiger partial charge < -0.3 is 11.1 Å². The molecule has 1 aromatic heterocycles. The van der Waals surface area contributed by atoms with E-state index in [1.807, 2.05) is 19.9 Å². The minimum atomic E-state index is -0.219. The molecule has 0 spiro atoms. The lowest BCUT2D eigenvalue weighted by atomic mass is 10.1. The molecule has 3 N–H and O–H groups in total. The average molecular weight is 244 g/mol. The highest BCUT2D eigenvalue weighted by Crippen LogP contribution is 2.16. The zero-order valence-corrected chi connectivity index (χ0v) is 10.5. The van der Waals surface area contributed by atoms with Crippen LogP contribution in [0.5, 0.6) is 0 Å². The molecule has 1 heterocycles. The van der Waals surface area contributed by atoms with E-state index >= 15 is 0 Å². The summed E-state index contributed by atoms with van der Waals surface area (Å²) >= 11 is 0. The van der Waals surface area contributed by atoms with Crippen LogP contribution >= 0.6 is 0 Å². The Balaban J connectivity index is 2.16. The molecule has 0 atom stereocenters. The molecule has 94 valence electrons. The Bertz CT molecular complexity index is 574. The number of benzene rings is 1. The lowest BCUT2D eigenvalue weighted by Gasteiger charge is -2.06. The number of carbonyl (C=O) groups is 1. The molecule has 0 bridgehead atoms. The number of nitrogen functional groups attached to an aromatic ring is 1. The maximum atomic E-state index is 12.0. The molecule has 0 radical (unpaired) electrons.